The van der Waals surface area contributed by atoms with Crippen LogP contribution in [-0.2, 0) is 12.6 Å². The standard InChI is InChI=1S/C15H18F3NO2S/c16-15(17,18)11-3-4-12-10(7-22-13(12)6-11)2-1-5-14(19,8-20)9-21/h3-4,6-7,20-21H,1-2,5,8-9,19H2. The van der Waals surface area contributed by atoms with Crippen molar-refractivity contribution >= 4 is 21.4 Å². The van der Waals surface area contributed by atoms with Crippen molar-refractivity contribution in [1.29, 1.82) is 0 Å². The van der Waals surface area contributed by atoms with Crippen LogP contribution < -0.4 is 5.73 Å². The Kier molecular flexibility index (Phi) is 5.11. The van der Waals surface area contributed by atoms with Gasteiger partial charge >= 0.3 is 6.18 Å². The van der Waals surface area contributed by atoms with Crippen molar-refractivity contribution in [2.45, 2.75) is 31.0 Å². The van der Waals surface area contributed by atoms with Crippen LogP contribution in [-0.4, -0.2) is 29.0 Å². The van der Waals surface area contributed by atoms with Crippen molar-refractivity contribution < 1.29 is 23.4 Å². The van der Waals surface area contributed by atoms with Gasteiger partial charge in [-0.2, -0.15) is 13.2 Å². The highest BCUT2D eigenvalue weighted by molar-refractivity contribution is 7.17. The summed E-state index contributed by atoms with van der Waals surface area (Å²) in [6.45, 7) is -0.606. The van der Waals surface area contributed by atoms with Crippen LogP contribution in [0.3, 0.4) is 0 Å². The predicted octanol–water partition coefficient (Wildman–Crippen LogP) is 2.92. The Morgan fingerprint density at radius 1 is 1.14 bits per heavy atom. The molecule has 0 radical (unpaired) electrons. The maximum absolute atomic E-state index is 12.7. The number of hydrogen-bond donors (Lipinski definition) is 3. The Balaban J connectivity index is 2.10. The number of hydrogen-bond acceptors (Lipinski definition) is 4. The van der Waals surface area contributed by atoms with Crippen LogP contribution in [0.4, 0.5) is 13.2 Å². The number of benzene rings is 1. The summed E-state index contributed by atoms with van der Waals surface area (Å²) >= 11 is 1.28. The van der Waals surface area contributed by atoms with Gasteiger partial charge in [-0.3, -0.25) is 0 Å². The highest BCUT2D eigenvalue weighted by Gasteiger charge is 2.30. The van der Waals surface area contributed by atoms with Gasteiger partial charge in [-0.15, -0.1) is 11.3 Å². The van der Waals surface area contributed by atoms with Gasteiger partial charge in [0.15, 0.2) is 0 Å². The molecule has 1 aromatic heterocycles. The number of aliphatic hydroxyl groups excluding tert-OH is 2. The van der Waals surface area contributed by atoms with E-state index in [9.17, 15) is 13.2 Å². The summed E-state index contributed by atoms with van der Waals surface area (Å²) in [4.78, 5) is 0. The molecule has 0 fully saturated rings. The molecule has 1 aromatic carbocycles. The van der Waals surface area contributed by atoms with E-state index in [2.05, 4.69) is 0 Å². The number of alkyl halides is 3. The molecule has 0 spiro atoms. The van der Waals surface area contributed by atoms with Gasteiger partial charge in [0.25, 0.3) is 0 Å². The van der Waals surface area contributed by atoms with Crippen LogP contribution in [0.25, 0.3) is 10.1 Å². The molecule has 22 heavy (non-hydrogen) atoms. The van der Waals surface area contributed by atoms with Crippen LogP contribution in [0.5, 0.6) is 0 Å². The second kappa shape index (κ2) is 6.54. The third-order valence-corrected chi connectivity index (χ3v) is 4.73. The molecule has 0 saturated heterocycles. The Labute approximate surface area is 130 Å². The Bertz CT molecular complexity index is 635. The first kappa shape index (κ1) is 17.2. The normalized spacial score (nSPS) is 13.0. The highest BCUT2D eigenvalue weighted by Crippen LogP contribution is 2.35. The van der Waals surface area contributed by atoms with Crippen molar-refractivity contribution in [3.8, 4) is 0 Å². The molecule has 0 atom stereocenters. The number of thiophene rings is 1. The fourth-order valence-corrected chi connectivity index (χ4v) is 3.33. The van der Waals surface area contributed by atoms with E-state index in [0.29, 0.717) is 24.0 Å². The highest BCUT2D eigenvalue weighted by atomic mass is 32.1. The number of aryl methyl sites for hydroxylation is 1. The van der Waals surface area contributed by atoms with Gasteiger partial charge in [0, 0.05) is 4.70 Å². The number of nitrogens with two attached hydrogens (primary N) is 1. The van der Waals surface area contributed by atoms with Gasteiger partial charge in [-0.1, -0.05) is 6.07 Å². The lowest BCUT2D eigenvalue weighted by atomic mass is 9.94. The van der Waals surface area contributed by atoms with Gasteiger partial charge in [0.2, 0.25) is 0 Å². The van der Waals surface area contributed by atoms with Crippen molar-refractivity contribution in [2.24, 2.45) is 5.73 Å². The molecule has 1 heterocycles. The summed E-state index contributed by atoms with van der Waals surface area (Å²) in [5, 5.41) is 20.9. The minimum atomic E-state index is -4.33. The summed E-state index contributed by atoms with van der Waals surface area (Å²) in [7, 11) is 0. The zero-order chi connectivity index (χ0) is 16.4. The summed E-state index contributed by atoms with van der Waals surface area (Å²) in [6.07, 6.45) is -2.60. The molecule has 122 valence electrons. The third kappa shape index (κ3) is 3.78. The van der Waals surface area contributed by atoms with E-state index in [1.165, 1.54) is 17.4 Å². The van der Waals surface area contributed by atoms with E-state index >= 15 is 0 Å². The Morgan fingerprint density at radius 2 is 1.82 bits per heavy atom. The number of fused-ring (bicyclic) bond motifs is 1. The summed E-state index contributed by atoms with van der Waals surface area (Å²) in [5.74, 6) is 0. The second-order valence-electron chi connectivity index (χ2n) is 5.50. The van der Waals surface area contributed by atoms with Crippen LogP contribution in [0.15, 0.2) is 23.6 Å². The lowest BCUT2D eigenvalue weighted by Gasteiger charge is -2.24. The van der Waals surface area contributed by atoms with E-state index in [0.717, 1.165) is 23.1 Å². The van der Waals surface area contributed by atoms with E-state index < -0.39 is 17.3 Å². The zero-order valence-corrected chi connectivity index (χ0v) is 12.7. The monoisotopic (exact) mass is 333 g/mol. The quantitative estimate of drug-likeness (QED) is 0.761. The molecular weight excluding hydrogens is 315 g/mol. The first-order valence-electron chi connectivity index (χ1n) is 6.87. The molecule has 0 unspecified atom stereocenters. The van der Waals surface area contributed by atoms with Crippen LogP contribution >= 0.6 is 11.3 Å². The molecular formula is C15H18F3NO2S. The van der Waals surface area contributed by atoms with Crippen LogP contribution in [0.1, 0.15) is 24.0 Å². The van der Waals surface area contributed by atoms with Crippen molar-refractivity contribution in [1.82, 2.24) is 0 Å². The molecule has 7 heteroatoms. The Morgan fingerprint density at radius 3 is 2.41 bits per heavy atom. The molecule has 0 bridgehead atoms. The summed E-state index contributed by atoms with van der Waals surface area (Å²) < 4.78 is 38.6. The molecule has 2 rings (SSSR count). The summed E-state index contributed by atoms with van der Waals surface area (Å²) in [5.41, 5.74) is 5.11. The minimum absolute atomic E-state index is 0.303. The minimum Gasteiger partial charge on any atom is -0.394 e. The molecule has 0 amide bonds. The molecule has 0 aliphatic carbocycles. The molecule has 3 nitrogen and oxygen atoms in total. The smallest absolute Gasteiger partial charge is 0.394 e. The summed E-state index contributed by atoms with van der Waals surface area (Å²) in [6, 6.07) is 3.75. The molecule has 2 aromatic rings. The van der Waals surface area contributed by atoms with Gasteiger partial charge < -0.3 is 15.9 Å². The molecule has 4 N–H and O–H groups in total. The van der Waals surface area contributed by atoms with E-state index in [1.54, 1.807) is 0 Å². The lowest BCUT2D eigenvalue weighted by Crippen LogP contribution is -2.47. The molecule has 0 aliphatic heterocycles. The van der Waals surface area contributed by atoms with Gasteiger partial charge in [-0.25, -0.2) is 0 Å². The first-order valence-corrected chi connectivity index (χ1v) is 7.75. The van der Waals surface area contributed by atoms with Gasteiger partial charge in [0.05, 0.1) is 24.3 Å². The average Bonchev–Trinajstić information content (AvgIpc) is 2.88. The maximum Gasteiger partial charge on any atom is 0.416 e. The fourth-order valence-electron chi connectivity index (χ4n) is 2.29. The van der Waals surface area contributed by atoms with Crippen LogP contribution in [0, 0.1) is 0 Å². The Hall–Kier alpha value is -1.15. The van der Waals surface area contributed by atoms with E-state index in [1.807, 2.05) is 5.38 Å². The number of rotatable bonds is 6. The van der Waals surface area contributed by atoms with E-state index in [-0.39, 0.29) is 13.2 Å². The third-order valence-electron chi connectivity index (χ3n) is 3.73. The van der Waals surface area contributed by atoms with Crippen molar-refractivity contribution in [2.75, 3.05) is 13.2 Å². The van der Waals surface area contributed by atoms with Crippen molar-refractivity contribution in [3.05, 3.63) is 34.7 Å². The largest absolute Gasteiger partial charge is 0.416 e. The van der Waals surface area contributed by atoms with E-state index in [4.69, 9.17) is 15.9 Å². The fraction of sp³-hybridized carbons (Fsp3) is 0.467. The number of aliphatic hydroxyl groups is 2. The topological polar surface area (TPSA) is 66.5 Å². The van der Waals surface area contributed by atoms with Gasteiger partial charge in [-0.05, 0) is 47.7 Å². The second-order valence-corrected chi connectivity index (χ2v) is 6.41. The SMILES string of the molecule is NC(CO)(CO)CCCc1csc2cc(C(F)(F)F)ccc12. The van der Waals surface area contributed by atoms with Crippen molar-refractivity contribution in [3.63, 3.8) is 0 Å². The zero-order valence-electron chi connectivity index (χ0n) is 11.9. The first-order chi connectivity index (χ1) is 10.3. The van der Waals surface area contributed by atoms with Gasteiger partial charge in [0.1, 0.15) is 0 Å². The lowest BCUT2D eigenvalue weighted by molar-refractivity contribution is -0.137. The molecule has 0 aliphatic rings. The maximum atomic E-state index is 12.7. The predicted molar refractivity (Wildman–Crippen MR) is 80.9 cm³/mol. The number of halogens is 3. The van der Waals surface area contributed by atoms with Crippen LogP contribution in [0.2, 0.25) is 0 Å². The average molecular weight is 333 g/mol. The molecule has 0 saturated carbocycles.